The number of nitrogens with zero attached hydrogens (tertiary/aromatic N) is 3. The van der Waals surface area contributed by atoms with Gasteiger partial charge in [-0.05, 0) is 41.8 Å². The number of piperazine rings is 1. The van der Waals surface area contributed by atoms with E-state index in [1.807, 2.05) is 17.2 Å². The molecule has 0 aliphatic carbocycles. The smallest absolute Gasteiger partial charge is 0.246 e. The van der Waals surface area contributed by atoms with E-state index in [-0.39, 0.29) is 5.91 Å². The summed E-state index contributed by atoms with van der Waals surface area (Å²) in [6.07, 6.45) is 3.24. The molecule has 6 heteroatoms. The van der Waals surface area contributed by atoms with Gasteiger partial charge >= 0.3 is 0 Å². The number of benzene rings is 2. The number of carbonyl (C=O) groups is 1. The molecule has 0 unspecified atom stereocenters. The normalized spacial score (nSPS) is 15.1. The lowest BCUT2D eigenvalue weighted by atomic mass is 9.96. The summed E-state index contributed by atoms with van der Waals surface area (Å²) < 4.78 is 0. The van der Waals surface area contributed by atoms with Crippen LogP contribution in [0.3, 0.4) is 0 Å². The van der Waals surface area contributed by atoms with E-state index in [0.29, 0.717) is 0 Å². The number of aromatic amines is 1. The van der Waals surface area contributed by atoms with Crippen molar-refractivity contribution in [2.24, 2.45) is 0 Å². The zero-order chi connectivity index (χ0) is 19.7. The average molecular weight is 395 g/mol. The second-order valence-corrected chi connectivity index (χ2v) is 7.62. The molecule has 3 aromatic rings. The van der Waals surface area contributed by atoms with E-state index in [0.717, 1.165) is 59.8 Å². The monoisotopic (exact) mass is 394 g/mol. The number of amides is 1. The van der Waals surface area contributed by atoms with Gasteiger partial charge in [0.05, 0.1) is 11.7 Å². The quantitative estimate of drug-likeness (QED) is 0.680. The summed E-state index contributed by atoms with van der Waals surface area (Å²) in [4.78, 5) is 15.9. The van der Waals surface area contributed by atoms with Crippen molar-refractivity contribution in [1.29, 1.82) is 0 Å². The Hall–Kier alpha value is -2.63. The molecule has 1 amide bonds. The van der Waals surface area contributed by atoms with Crippen LogP contribution < -0.4 is 0 Å². The van der Waals surface area contributed by atoms with Crippen LogP contribution in [0.1, 0.15) is 11.1 Å². The number of hydrogen-bond donors (Lipinski definition) is 1. The molecule has 1 N–H and O–H groups in total. The molecule has 1 fully saturated rings. The van der Waals surface area contributed by atoms with Crippen LogP contribution >= 0.6 is 11.6 Å². The third-order valence-electron chi connectivity index (χ3n) is 5.40. The van der Waals surface area contributed by atoms with Crippen LogP contribution in [-0.2, 0) is 11.3 Å². The molecule has 0 saturated carbocycles. The van der Waals surface area contributed by atoms with Gasteiger partial charge in [-0.1, -0.05) is 36.4 Å². The number of fused-ring (bicyclic) bond motifs is 1. The number of aryl methyl sites for hydroxylation is 1. The fourth-order valence-corrected chi connectivity index (χ4v) is 4.16. The van der Waals surface area contributed by atoms with E-state index in [1.165, 1.54) is 17.2 Å². The Morgan fingerprint density at radius 1 is 1.25 bits per heavy atom. The Balaban J connectivity index is 1.53. The van der Waals surface area contributed by atoms with Crippen molar-refractivity contribution in [3.8, 4) is 11.1 Å². The molecular weight excluding hydrogens is 372 g/mol. The minimum absolute atomic E-state index is 0.0100. The molecule has 0 bridgehead atoms. The molecule has 2 aromatic carbocycles. The van der Waals surface area contributed by atoms with Crippen molar-refractivity contribution in [2.75, 3.05) is 26.2 Å². The minimum Gasteiger partial charge on any atom is -0.337 e. The predicted molar refractivity (Wildman–Crippen MR) is 113 cm³/mol. The third-order valence-corrected chi connectivity index (χ3v) is 5.71. The zero-order valence-corrected chi connectivity index (χ0v) is 16.7. The van der Waals surface area contributed by atoms with Gasteiger partial charge in [0.15, 0.2) is 0 Å². The van der Waals surface area contributed by atoms with Crippen molar-refractivity contribution in [1.82, 2.24) is 20.0 Å². The molecule has 1 aliphatic heterocycles. The van der Waals surface area contributed by atoms with E-state index < -0.39 is 0 Å². The number of H-pyrrole nitrogens is 1. The Bertz CT molecular complexity index is 1030. The van der Waals surface area contributed by atoms with E-state index >= 15 is 0 Å². The molecule has 1 saturated heterocycles. The maximum atomic E-state index is 11.7. The summed E-state index contributed by atoms with van der Waals surface area (Å²) in [7, 11) is 0. The van der Waals surface area contributed by atoms with E-state index in [1.54, 1.807) is 0 Å². The number of halogens is 1. The van der Waals surface area contributed by atoms with Crippen LogP contribution in [0.25, 0.3) is 22.0 Å². The van der Waals surface area contributed by atoms with Gasteiger partial charge in [-0.2, -0.15) is 5.10 Å². The molecule has 5 nitrogen and oxygen atoms in total. The van der Waals surface area contributed by atoms with Crippen LogP contribution in [0.15, 0.2) is 49.2 Å². The van der Waals surface area contributed by atoms with Gasteiger partial charge in [0.1, 0.15) is 0 Å². The maximum Gasteiger partial charge on any atom is 0.246 e. The third kappa shape index (κ3) is 3.55. The first kappa shape index (κ1) is 18.7. The fraction of sp³-hybridized carbons (Fsp3) is 0.273. The van der Waals surface area contributed by atoms with Gasteiger partial charge in [-0.15, -0.1) is 0 Å². The summed E-state index contributed by atoms with van der Waals surface area (Å²) >= 11 is 6.69. The predicted octanol–water partition coefficient (Wildman–Crippen LogP) is 4.02. The highest BCUT2D eigenvalue weighted by Crippen LogP contribution is 2.36. The molecule has 0 atom stereocenters. The van der Waals surface area contributed by atoms with Crippen molar-refractivity contribution in [2.45, 2.75) is 13.5 Å². The van der Waals surface area contributed by atoms with Crippen LogP contribution in [0.2, 0.25) is 5.02 Å². The first-order chi connectivity index (χ1) is 13.6. The molecule has 28 heavy (non-hydrogen) atoms. The summed E-state index contributed by atoms with van der Waals surface area (Å²) in [5.74, 6) is 0.0100. The van der Waals surface area contributed by atoms with Gasteiger partial charge in [-0.3, -0.25) is 14.8 Å². The Morgan fingerprint density at radius 3 is 2.75 bits per heavy atom. The van der Waals surface area contributed by atoms with Crippen LogP contribution in [0.4, 0.5) is 0 Å². The SMILES string of the molecule is C=CC(=O)N1CCN(Cc2ccc(-c3c(C)ccc4[nH]ncc34)c(Cl)c2)CC1. The highest BCUT2D eigenvalue weighted by molar-refractivity contribution is 6.33. The van der Waals surface area contributed by atoms with E-state index in [2.05, 4.69) is 52.9 Å². The largest absolute Gasteiger partial charge is 0.337 e. The Morgan fingerprint density at radius 2 is 2.04 bits per heavy atom. The molecule has 1 aromatic heterocycles. The zero-order valence-electron chi connectivity index (χ0n) is 15.9. The second-order valence-electron chi connectivity index (χ2n) is 7.21. The maximum absolute atomic E-state index is 11.7. The molecule has 0 spiro atoms. The van der Waals surface area contributed by atoms with Crippen molar-refractivity contribution in [3.63, 3.8) is 0 Å². The minimum atomic E-state index is 0.0100. The number of rotatable bonds is 4. The number of aromatic nitrogens is 2. The molecule has 4 rings (SSSR count). The van der Waals surface area contributed by atoms with Crippen LogP contribution in [-0.4, -0.2) is 52.1 Å². The highest BCUT2D eigenvalue weighted by atomic mass is 35.5. The number of hydrogen-bond acceptors (Lipinski definition) is 3. The number of carbonyl (C=O) groups excluding carboxylic acids is 1. The lowest BCUT2D eigenvalue weighted by molar-refractivity contribution is -0.127. The first-order valence-electron chi connectivity index (χ1n) is 9.42. The molecular formula is C22H23ClN4O. The lowest BCUT2D eigenvalue weighted by Gasteiger charge is -2.34. The van der Waals surface area contributed by atoms with Crippen molar-refractivity contribution in [3.05, 3.63) is 65.3 Å². The standard InChI is InChI=1S/C22H23ClN4O/c1-3-21(28)27-10-8-26(9-11-27)14-16-5-6-17(19(23)12-16)22-15(2)4-7-20-18(22)13-24-25-20/h3-7,12-13H,1,8-11,14H2,2H3,(H,24,25). The van der Waals surface area contributed by atoms with Gasteiger partial charge in [0.2, 0.25) is 5.91 Å². The van der Waals surface area contributed by atoms with Crippen molar-refractivity contribution >= 4 is 28.4 Å². The van der Waals surface area contributed by atoms with E-state index in [4.69, 9.17) is 11.6 Å². The van der Waals surface area contributed by atoms with Crippen molar-refractivity contribution < 1.29 is 4.79 Å². The first-order valence-corrected chi connectivity index (χ1v) is 9.80. The second kappa shape index (κ2) is 7.78. The molecule has 1 aliphatic rings. The summed E-state index contributed by atoms with van der Waals surface area (Å²) in [5.41, 5.74) is 5.50. The molecule has 2 heterocycles. The molecule has 144 valence electrons. The highest BCUT2D eigenvalue weighted by Gasteiger charge is 2.20. The Kier molecular flexibility index (Phi) is 5.20. The molecule has 0 radical (unpaired) electrons. The topological polar surface area (TPSA) is 52.2 Å². The summed E-state index contributed by atoms with van der Waals surface area (Å²) in [5, 5.41) is 9.02. The van der Waals surface area contributed by atoms with Gasteiger partial charge in [0, 0.05) is 48.7 Å². The van der Waals surface area contributed by atoms with Crippen LogP contribution in [0, 0.1) is 6.92 Å². The lowest BCUT2D eigenvalue weighted by Crippen LogP contribution is -2.47. The van der Waals surface area contributed by atoms with Gasteiger partial charge < -0.3 is 4.90 Å². The van der Waals surface area contributed by atoms with Gasteiger partial charge in [0.25, 0.3) is 0 Å². The van der Waals surface area contributed by atoms with E-state index in [9.17, 15) is 4.79 Å². The number of nitrogens with one attached hydrogen (secondary N) is 1. The summed E-state index contributed by atoms with van der Waals surface area (Å²) in [6, 6.07) is 10.4. The fourth-order valence-electron chi connectivity index (χ4n) is 3.86. The van der Waals surface area contributed by atoms with Crippen LogP contribution in [0.5, 0.6) is 0 Å². The average Bonchev–Trinajstić information content (AvgIpc) is 3.17. The summed E-state index contributed by atoms with van der Waals surface area (Å²) in [6.45, 7) is 9.66. The van der Waals surface area contributed by atoms with Gasteiger partial charge in [-0.25, -0.2) is 0 Å². The Labute approximate surface area is 169 Å².